The molecule has 1 heterocycles. The maximum absolute atomic E-state index is 11.3. The third kappa shape index (κ3) is 3.50. The molecule has 0 aromatic heterocycles. The highest BCUT2D eigenvalue weighted by atomic mass is 16.6. The van der Waals surface area contributed by atoms with E-state index in [1.165, 1.54) is 6.07 Å². The number of carbonyl (C=O) groups excluding carboxylic acids is 1. The standard InChI is InChI=1S/C16H21N3O3/c1-2-3-13(17)8-9-18-15(11-20)5-4-12-10-14(19(21)22)6-7-16(12)18/h6-7,10-11,15,17H,2-5,8-9H2,1H3. The fourth-order valence-electron chi connectivity index (χ4n) is 2.91. The molecule has 2 rings (SSSR count). The monoisotopic (exact) mass is 303 g/mol. The molecular formula is C16H21N3O3. The number of nitrogens with zero attached hydrogens (tertiary/aromatic N) is 2. The van der Waals surface area contributed by atoms with Gasteiger partial charge in [-0.1, -0.05) is 13.3 Å². The summed E-state index contributed by atoms with van der Waals surface area (Å²) in [5.41, 5.74) is 2.57. The Hall–Kier alpha value is -2.24. The van der Waals surface area contributed by atoms with Gasteiger partial charge in [-0.15, -0.1) is 0 Å². The average Bonchev–Trinajstić information content (AvgIpc) is 2.51. The van der Waals surface area contributed by atoms with E-state index in [4.69, 9.17) is 5.41 Å². The van der Waals surface area contributed by atoms with Crippen LogP contribution in [0.4, 0.5) is 11.4 Å². The molecule has 0 spiro atoms. The number of aldehydes is 1. The number of nitro groups is 1. The number of hydrogen-bond acceptors (Lipinski definition) is 5. The zero-order chi connectivity index (χ0) is 16.1. The number of benzene rings is 1. The summed E-state index contributed by atoms with van der Waals surface area (Å²) in [6.45, 7) is 2.64. The molecule has 0 saturated heterocycles. The van der Waals surface area contributed by atoms with Gasteiger partial charge in [0.15, 0.2) is 0 Å². The first-order chi connectivity index (χ1) is 10.6. The molecule has 22 heavy (non-hydrogen) atoms. The van der Waals surface area contributed by atoms with Gasteiger partial charge >= 0.3 is 0 Å². The molecule has 1 aliphatic heterocycles. The van der Waals surface area contributed by atoms with Gasteiger partial charge in [0.05, 0.1) is 11.0 Å². The Balaban J connectivity index is 2.21. The predicted molar refractivity (Wildman–Crippen MR) is 85.9 cm³/mol. The minimum absolute atomic E-state index is 0.0852. The van der Waals surface area contributed by atoms with Crippen LogP contribution in [-0.4, -0.2) is 29.5 Å². The number of nitrogens with one attached hydrogen (secondary N) is 1. The SMILES string of the molecule is CCCC(=N)CCN1c2ccc([N+](=O)[O-])cc2CCC1C=O. The summed E-state index contributed by atoms with van der Waals surface area (Å²) in [6, 6.07) is 4.60. The number of rotatable bonds is 7. The zero-order valence-corrected chi connectivity index (χ0v) is 12.7. The molecule has 1 N–H and O–H groups in total. The molecule has 0 saturated carbocycles. The molecule has 0 bridgehead atoms. The van der Waals surface area contributed by atoms with Gasteiger partial charge in [0, 0.05) is 36.5 Å². The van der Waals surface area contributed by atoms with Crippen molar-refractivity contribution in [1.82, 2.24) is 0 Å². The van der Waals surface area contributed by atoms with Crippen LogP contribution in [0.25, 0.3) is 0 Å². The number of nitro benzene ring substituents is 1. The van der Waals surface area contributed by atoms with Gasteiger partial charge in [-0.3, -0.25) is 10.1 Å². The Morgan fingerprint density at radius 2 is 2.27 bits per heavy atom. The summed E-state index contributed by atoms with van der Waals surface area (Å²) >= 11 is 0. The summed E-state index contributed by atoms with van der Waals surface area (Å²) in [6.07, 6.45) is 4.61. The van der Waals surface area contributed by atoms with E-state index in [2.05, 4.69) is 0 Å². The van der Waals surface area contributed by atoms with Gasteiger partial charge in [0.1, 0.15) is 6.29 Å². The van der Waals surface area contributed by atoms with Crippen LogP contribution in [0.1, 0.15) is 38.2 Å². The van der Waals surface area contributed by atoms with Crippen molar-refractivity contribution < 1.29 is 9.72 Å². The lowest BCUT2D eigenvalue weighted by molar-refractivity contribution is -0.384. The van der Waals surface area contributed by atoms with Crippen LogP contribution in [-0.2, 0) is 11.2 Å². The highest BCUT2D eigenvalue weighted by Crippen LogP contribution is 2.33. The summed E-state index contributed by atoms with van der Waals surface area (Å²) in [5, 5.41) is 18.8. The molecule has 1 aliphatic rings. The van der Waals surface area contributed by atoms with Crippen LogP contribution in [0, 0.1) is 15.5 Å². The quantitative estimate of drug-likeness (QED) is 0.363. The third-order valence-electron chi connectivity index (χ3n) is 4.06. The lowest BCUT2D eigenvalue weighted by Crippen LogP contribution is -2.41. The van der Waals surface area contributed by atoms with E-state index in [9.17, 15) is 14.9 Å². The molecule has 1 atom stereocenters. The number of hydrogen-bond donors (Lipinski definition) is 1. The van der Waals surface area contributed by atoms with Crippen molar-refractivity contribution in [2.24, 2.45) is 0 Å². The first kappa shape index (κ1) is 16.1. The highest BCUT2D eigenvalue weighted by Gasteiger charge is 2.27. The first-order valence-electron chi connectivity index (χ1n) is 7.62. The van der Waals surface area contributed by atoms with Crippen LogP contribution in [0.3, 0.4) is 0 Å². The van der Waals surface area contributed by atoms with Crippen molar-refractivity contribution in [2.45, 2.75) is 45.1 Å². The lowest BCUT2D eigenvalue weighted by Gasteiger charge is -2.36. The molecule has 0 amide bonds. The minimum atomic E-state index is -0.395. The second-order valence-corrected chi connectivity index (χ2v) is 5.61. The van der Waals surface area contributed by atoms with Crippen molar-refractivity contribution in [3.05, 3.63) is 33.9 Å². The van der Waals surface area contributed by atoms with Crippen LogP contribution < -0.4 is 4.90 Å². The largest absolute Gasteiger partial charge is 0.361 e. The van der Waals surface area contributed by atoms with Crippen LogP contribution >= 0.6 is 0 Å². The molecule has 1 aromatic rings. The average molecular weight is 303 g/mol. The summed E-state index contributed by atoms with van der Waals surface area (Å²) < 4.78 is 0. The van der Waals surface area contributed by atoms with E-state index in [-0.39, 0.29) is 11.7 Å². The van der Waals surface area contributed by atoms with Gasteiger partial charge in [-0.25, -0.2) is 0 Å². The van der Waals surface area contributed by atoms with E-state index < -0.39 is 4.92 Å². The van der Waals surface area contributed by atoms with E-state index >= 15 is 0 Å². The van der Waals surface area contributed by atoms with E-state index in [1.54, 1.807) is 12.1 Å². The second kappa shape index (κ2) is 7.15. The van der Waals surface area contributed by atoms with Gasteiger partial charge in [0.2, 0.25) is 0 Å². The maximum atomic E-state index is 11.3. The first-order valence-corrected chi connectivity index (χ1v) is 7.62. The Bertz CT molecular complexity index is 586. The molecule has 6 heteroatoms. The Morgan fingerprint density at radius 1 is 1.50 bits per heavy atom. The van der Waals surface area contributed by atoms with Gasteiger partial charge in [-0.05, 0) is 30.9 Å². The van der Waals surface area contributed by atoms with Crippen molar-refractivity contribution >= 4 is 23.4 Å². The lowest BCUT2D eigenvalue weighted by atomic mass is 9.95. The molecular weight excluding hydrogens is 282 g/mol. The number of aryl methyl sites for hydroxylation is 1. The van der Waals surface area contributed by atoms with Crippen LogP contribution in [0.15, 0.2) is 18.2 Å². The van der Waals surface area contributed by atoms with E-state index in [0.29, 0.717) is 31.5 Å². The topological polar surface area (TPSA) is 87.3 Å². The van der Waals surface area contributed by atoms with Crippen molar-refractivity contribution in [3.8, 4) is 0 Å². The molecule has 6 nitrogen and oxygen atoms in total. The normalized spacial score (nSPS) is 17.0. The van der Waals surface area contributed by atoms with E-state index in [1.807, 2.05) is 11.8 Å². The Kier molecular flexibility index (Phi) is 5.25. The predicted octanol–water partition coefficient (Wildman–Crippen LogP) is 3.12. The van der Waals surface area contributed by atoms with Crippen molar-refractivity contribution in [3.63, 3.8) is 0 Å². The van der Waals surface area contributed by atoms with E-state index in [0.717, 1.165) is 30.4 Å². The fourth-order valence-corrected chi connectivity index (χ4v) is 2.91. The Morgan fingerprint density at radius 3 is 2.91 bits per heavy atom. The summed E-state index contributed by atoms with van der Waals surface area (Å²) in [4.78, 5) is 23.8. The smallest absolute Gasteiger partial charge is 0.269 e. The van der Waals surface area contributed by atoms with Gasteiger partial charge in [0.25, 0.3) is 5.69 Å². The maximum Gasteiger partial charge on any atom is 0.269 e. The van der Waals surface area contributed by atoms with Gasteiger partial charge in [-0.2, -0.15) is 0 Å². The summed E-state index contributed by atoms with van der Waals surface area (Å²) in [7, 11) is 0. The summed E-state index contributed by atoms with van der Waals surface area (Å²) in [5.74, 6) is 0. The van der Waals surface area contributed by atoms with Crippen molar-refractivity contribution in [2.75, 3.05) is 11.4 Å². The van der Waals surface area contributed by atoms with Crippen molar-refractivity contribution in [1.29, 1.82) is 5.41 Å². The van der Waals surface area contributed by atoms with Gasteiger partial charge < -0.3 is 15.1 Å². The number of anilines is 1. The molecule has 1 unspecified atom stereocenters. The number of carbonyl (C=O) groups is 1. The highest BCUT2D eigenvalue weighted by molar-refractivity contribution is 5.82. The second-order valence-electron chi connectivity index (χ2n) is 5.61. The number of non-ortho nitro benzene ring substituents is 1. The Labute approximate surface area is 129 Å². The van der Waals surface area contributed by atoms with Crippen LogP contribution in [0.2, 0.25) is 0 Å². The molecule has 0 radical (unpaired) electrons. The number of fused-ring (bicyclic) bond motifs is 1. The molecule has 0 aliphatic carbocycles. The minimum Gasteiger partial charge on any atom is -0.361 e. The molecule has 1 aromatic carbocycles. The molecule has 118 valence electrons. The fraction of sp³-hybridized carbons (Fsp3) is 0.500. The molecule has 0 fully saturated rings. The zero-order valence-electron chi connectivity index (χ0n) is 12.7. The van der Waals surface area contributed by atoms with Crippen LogP contribution in [0.5, 0.6) is 0 Å². The third-order valence-corrected chi connectivity index (χ3v) is 4.06.